The summed E-state index contributed by atoms with van der Waals surface area (Å²) in [5.74, 6) is -0.921. The van der Waals surface area contributed by atoms with Crippen LogP contribution in [-0.2, 0) is 28.5 Å². The largest absolute Gasteiger partial charge is 0.481 e. The molecule has 0 fully saturated rings. The van der Waals surface area contributed by atoms with Crippen LogP contribution in [0.25, 0.3) is 0 Å². The van der Waals surface area contributed by atoms with E-state index in [0.717, 1.165) is 35.8 Å². The van der Waals surface area contributed by atoms with Gasteiger partial charge in [0.2, 0.25) is 0 Å². The van der Waals surface area contributed by atoms with Crippen molar-refractivity contribution in [3.63, 3.8) is 0 Å². The van der Waals surface area contributed by atoms with Crippen LogP contribution >= 0.6 is 11.3 Å². The van der Waals surface area contributed by atoms with Gasteiger partial charge in [0, 0.05) is 10.4 Å². The number of esters is 1. The van der Waals surface area contributed by atoms with Crippen molar-refractivity contribution in [3.05, 3.63) is 75.7 Å². The molecule has 0 spiro atoms. The van der Waals surface area contributed by atoms with Gasteiger partial charge in [0.05, 0.1) is 23.4 Å². The first kappa shape index (κ1) is 29.1. The Bertz CT molecular complexity index is 1400. The summed E-state index contributed by atoms with van der Waals surface area (Å²) in [4.78, 5) is 39.3. The fraction of sp³-hybridized carbons (Fsp3) is 0.345. The highest BCUT2D eigenvalue weighted by Gasteiger charge is 2.34. The number of anilines is 2. The number of alkyl halides is 3. The van der Waals surface area contributed by atoms with Crippen molar-refractivity contribution in [2.45, 2.75) is 52.3 Å². The quantitative estimate of drug-likeness (QED) is 0.291. The molecule has 1 aromatic heterocycles. The van der Waals surface area contributed by atoms with Crippen molar-refractivity contribution in [1.82, 2.24) is 0 Å². The van der Waals surface area contributed by atoms with Crippen LogP contribution in [0.3, 0.4) is 0 Å². The fourth-order valence-corrected chi connectivity index (χ4v) is 5.84. The van der Waals surface area contributed by atoms with Crippen LogP contribution in [0.15, 0.2) is 48.5 Å². The number of fused-ring (bicyclic) bond motifs is 1. The highest BCUT2D eigenvalue weighted by Crippen LogP contribution is 2.40. The zero-order valence-corrected chi connectivity index (χ0v) is 23.0. The van der Waals surface area contributed by atoms with Gasteiger partial charge in [-0.2, -0.15) is 13.2 Å². The summed E-state index contributed by atoms with van der Waals surface area (Å²) < 4.78 is 50.5. The highest BCUT2D eigenvalue weighted by atomic mass is 32.1. The number of thiophene rings is 1. The molecule has 2 N–H and O–H groups in total. The molecule has 1 aliphatic rings. The Kier molecular flexibility index (Phi) is 8.82. The monoisotopic (exact) mass is 574 g/mol. The highest BCUT2D eigenvalue weighted by molar-refractivity contribution is 7.17. The number of nitrogens with one attached hydrogen (secondary N) is 2. The van der Waals surface area contributed by atoms with Gasteiger partial charge < -0.3 is 20.1 Å². The summed E-state index contributed by atoms with van der Waals surface area (Å²) in [6, 6.07) is 10.6. The van der Waals surface area contributed by atoms with E-state index in [4.69, 9.17) is 9.47 Å². The lowest BCUT2D eigenvalue weighted by Crippen LogP contribution is -2.31. The molecule has 0 unspecified atom stereocenters. The van der Waals surface area contributed by atoms with E-state index in [0.29, 0.717) is 16.5 Å². The summed E-state index contributed by atoms with van der Waals surface area (Å²) in [7, 11) is 0. The summed E-state index contributed by atoms with van der Waals surface area (Å²) in [6.45, 7) is 5.51. The first-order valence-corrected chi connectivity index (χ1v) is 13.7. The van der Waals surface area contributed by atoms with Crippen LogP contribution in [0.2, 0.25) is 0 Å². The lowest BCUT2D eigenvalue weighted by Gasteiger charge is -2.18. The van der Waals surface area contributed by atoms with Crippen LogP contribution in [-0.4, -0.2) is 30.5 Å². The van der Waals surface area contributed by atoms with Gasteiger partial charge in [-0.05, 0) is 81.0 Å². The van der Waals surface area contributed by atoms with Crippen molar-refractivity contribution in [2.75, 3.05) is 17.2 Å². The molecule has 1 aliphatic carbocycles. The number of benzene rings is 2. The molecule has 1 heterocycles. The normalized spacial score (nSPS) is 15.5. The fourth-order valence-electron chi connectivity index (χ4n) is 4.45. The van der Waals surface area contributed by atoms with Crippen molar-refractivity contribution in [3.8, 4) is 5.75 Å². The van der Waals surface area contributed by atoms with Crippen LogP contribution in [0.4, 0.5) is 23.9 Å². The maximum Gasteiger partial charge on any atom is 0.418 e. The predicted molar refractivity (Wildman–Crippen MR) is 146 cm³/mol. The number of carbonyl (C=O) groups excluding carboxylic acids is 3. The molecule has 40 heavy (non-hydrogen) atoms. The Labute approximate surface area is 233 Å². The SMILES string of the molecule is CCOC(=O)c1c(NC(=O)c2ccc(O[C@H](C)C(=O)Nc3ccccc3C(F)(F)F)cc2)sc2c1CC[C@H](C)C2. The van der Waals surface area contributed by atoms with Crippen LogP contribution in [0.1, 0.15) is 63.9 Å². The zero-order valence-electron chi connectivity index (χ0n) is 22.2. The lowest BCUT2D eigenvalue weighted by molar-refractivity contribution is -0.137. The van der Waals surface area contributed by atoms with Crippen molar-refractivity contribution < 1.29 is 37.0 Å². The Morgan fingerprint density at radius 1 is 1.07 bits per heavy atom. The molecule has 0 saturated heterocycles. The number of carbonyl (C=O) groups is 3. The topological polar surface area (TPSA) is 93.7 Å². The van der Waals surface area contributed by atoms with E-state index in [1.165, 1.54) is 60.7 Å². The third-order valence-corrected chi connectivity index (χ3v) is 7.68. The van der Waals surface area contributed by atoms with Gasteiger partial charge in [-0.1, -0.05) is 19.1 Å². The first-order valence-electron chi connectivity index (χ1n) is 12.8. The molecular formula is C29H29F3N2O5S. The van der Waals surface area contributed by atoms with Crippen molar-refractivity contribution in [1.29, 1.82) is 0 Å². The number of rotatable bonds is 8. The van der Waals surface area contributed by atoms with E-state index in [9.17, 15) is 27.6 Å². The molecule has 2 amide bonds. The zero-order chi connectivity index (χ0) is 29.0. The standard InChI is InChI=1S/C29H29F3N2O5S/c1-4-38-28(37)24-20-14-9-16(2)15-23(20)40-27(24)34-26(36)18-10-12-19(13-11-18)39-17(3)25(35)33-22-8-6-5-7-21(22)29(30,31)32/h5-8,10-13,16-17H,4,9,14-15H2,1-3H3,(H,33,35)(H,34,36)/t16-,17+/m0/s1. The smallest absolute Gasteiger partial charge is 0.418 e. The van der Waals surface area contributed by atoms with Crippen LogP contribution in [0, 0.1) is 5.92 Å². The van der Waals surface area contributed by atoms with Crippen LogP contribution < -0.4 is 15.4 Å². The molecular weight excluding hydrogens is 545 g/mol. The van der Waals surface area contributed by atoms with E-state index in [2.05, 4.69) is 17.6 Å². The van der Waals surface area contributed by atoms with Gasteiger partial charge in [0.25, 0.3) is 11.8 Å². The number of hydrogen-bond donors (Lipinski definition) is 2. The molecule has 3 aromatic rings. The second kappa shape index (κ2) is 12.1. The molecule has 0 bridgehead atoms. The molecule has 11 heteroatoms. The molecule has 2 atom stereocenters. The first-order chi connectivity index (χ1) is 19.0. The molecule has 212 valence electrons. The lowest BCUT2D eigenvalue weighted by atomic mass is 9.88. The summed E-state index contributed by atoms with van der Waals surface area (Å²) in [5, 5.41) is 5.55. The third kappa shape index (κ3) is 6.64. The Morgan fingerprint density at radius 3 is 2.45 bits per heavy atom. The Morgan fingerprint density at radius 2 is 1.77 bits per heavy atom. The van der Waals surface area contributed by atoms with Gasteiger partial charge in [-0.3, -0.25) is 9.59 Å². The van der Waals surface area contributed by atoms with E-state index in [1.807, 2.05) is 0 Å². The summed E-state index contributed by atoms with van der Waals surface area (Å²) in [5.41, 5.74) is 0.310. The minimum atomic E-state index is -4.62. The maximum atomic E-state index is 13.2. The van der Waals surface area contributed by atoms with E-state index < -0.39 is 35.6 Å². The van der Waals surface area contributed by atoms with Gasteiger partial charge >= 0.3 is 12.1 Å². The van der Waals surface area contributed by atoms with Gasteiger partial charge in [-0.25, -0.2) is 4.79 Å². The molecule has 0 aliphatic heterocycles. The molecule has 4 rings (SSSR count). The second-order valence-corrected chi connectivity index (χ2v) is 10.7. The minimum absolute atomic E-state index is 0.222. The number of ether oxygens (including phenoxy) is 2. The van der Waals surface area contributed by atoms with Gasteiger partial charge in [0.1, 0.15) is 10.8 Å². The summed E-state index contributed by atoms with van der Waals surface area (Å²) in [6.07, 6.45) is -3.20. The van der Waals surface area contributed by atoms with Gasteiger partial charge in [-0.15, -0.1) is 11.3 Å². The van der Waals surface area contributed by atoms with Crippen molar-refractivity contribution in [2.24, 2.45) is 5.92 Å². The number of para-hydroxylation sites is 1. The van der Waals surface area contributed by atoms with Crippen LogP contribution in [0.5, 0.6) is 5.75 Å². The third-order valence-electron chi connectivity index (χ3n) is 6.51. The maximum absolute atomic E-state index is 13.2. The number of halogens is 3. The molecule has 7 nitrogen and oxygen atoms in total. The average Bonchev–Trinajstić information content (AvgIpc) is 3.25. The molecule has 0 radical (unpaired) electrons. The second-order valence-electron chi connectivity index (χ2n) is 9.55. The van der Waals surface area contributed by atoms with Gasteiger partial charge in [0.15, 0.2) is 6.10 Å². The molecule has 0 saturated carbocycles. The average molecular weight is 575 g/mol. The predicted octanol–water partition coefficient (Wildman–Crippen LogP) is 6.73. The van der Waals surface area contributed by atoms with E-state index in [-0.39, 0.29) is 23.6 Å². The number of hydrogen-bond acceptors (Lipinski definition) is 6. The Balaban J connectivity index is 1.43. The number of amides is 2. The van der Waals surface area contributed by atoms with Crippen molar-refractivity contribution >= 4 is 39.8 Å². The Hall–Kier alpha value is -3.86. The summed E-state index contributed by atoms with van der Waals surface area (Å²) >= 11 is 1.39. The molecule has 2 aromatic carbocycles. The minimum Gasteiger partial charge on any atom is -0.481 e. The van der Waals surface area contributed by atoms with E-state index in [1.54, 1.807) is 6.92 Å². The van der Waals surface area contributed by atoms with E-state index >= 15 is 0 Å².